The number of carboxylic acid groups (broad SMARTS) is 2. The quantitative estimate of drug-likeness (QED) is 0.368. The molecule has 148 valence electrons. The summed E-state index contributed by atoms with van der Waals surface area (Å²) in [5.74, 6) is -2.97. The molecule has 0 aliphatic carbocycles. The van der Waals surface area contributed by atoms with Gasteiger partial charge in [-0.3, -0.25) is 0 Å². The molecule has 0 atom stereocenters. The van der Waals surface area contributed by atoms with Gasteiger partial charge in [-0.1, -0.05) is 24.9 Å². The summed E-state index contributed by atoms with van der Waals surface area (Å²) >= 11 is 9.60. The van der Waals surface area contributed by atoms with Crippen LogP contribution in [0.25, 0.3) is 0 Å². The minimum Gasteiger partial charge on any atom is -0.488 e. The average Bonchev–Trinajstić information content (AvgIpc) is 2.55. The van der Waals surface area contributed by atoms with Crippen LogP contribution >= 0.6 is 27.5 Å². The molecule has 1 aromatic carbocycles. The number of hydrogen-bond acceptors (Lipinski definition) is 5. The molecule has 0 bridgehead atoms. The zero-order valence-electron chi connectivity index (χ0n) is 14.9. The lowest BCUT2D eigenvalue weighted by atomic mass is 10.2. The van der Waals surface area contributed by atoms with Crippen molar-refractivity contribution in [3.63, 3.8) is 0 Å². The van der Waals surface area contributed by atoms with E-state index in [-0.39, 0.29) is 0 Å². The molecule has 1 aromatic rings. The first-order valence-electron chi connectivity index (χ1n) is 8.12. The number of benzene rings is 1. The third-order valence-electron chi connectivity index (χ3n) is 2.93. The van der Waals surface area contributed by atoms with Gasteiger partial charge < -0.3 is 25.0 Å². The van der Waals surface area contributed by atoms with Crippen LogP contribution in [0.4, 0.5) is 0 Å². The van der Waals surface area contributed by atoms with Gasteiger partial charge in [-0.15, -0.1) is 0 Å². The largest absolute Gasteiger partial charge is 0.488 e. The van der Waals surface area contributed by atoms with Crippen molar-refractivity contribution < 1.29 is 29.3 Å². The number of unbranched alkanes of at least 4 members (excludes halogenated alkanes) is 1. The summed E-state index contributed by atoms with van der Waals surface area (Å²) in [6.07, 6.45) is 2.43. The number of ether oxygens (including phenoxy) is 2. The fourth-order valence-electron chi connectivity index (χ4n) is 1.70. The molecule has 0 saturated carbocycles. The maximum atomic E-state index is 9.10. The Balaban J connectivity index is 0.000000896. The fraction of sp³-hybridized carbons (Fsp3) is 0.529. The Morgan fingerprint density at radius 1 is 1.15 bits per heavy atom. The first-order valence-corrected chi connectivity index (χ1v) is 9.29. The molecule has 0 spiro atoms. The number of rotatable bonds is 10. The number of carbonyl (C=O) groups is 2. The van der Waals surface area contributed by atoms with Crippen LogP contribution in [-0.4, -0.2) is 55.1 Å². The molecule has 0 amide bonds. The first kappa shape index (κ1) is 24.7. The normalized spacial score (nSPS) is 10.0. The van der Waals surface area contributed by atoms with E-state index < -0.39 is 11.9 Å². The van der Waals surface area contributed by atoms with E-state index in [2.05, 4.69) is 28.2 Å². The van der Waals surface area contributed by atoms with Gasteiger partial charge in [0.05, 0.1) is 22.7 Å². The number of nitrogens with one attached hydrogen (secondary N) is 1. The number of aliphatic carboxylic acids is 2. The topological polar surface area (TPSA) is 105 Å². The number of hydrogen-bond donors (Lipinski definition) is 3. The Bertz CT molecular complexity index is 535. The smallest absolute Gasteiger partial charge is 0.414 e. The maximum Gasteiger partial charge on any atom is 0.414 e. The monoisotopic (exact) mass is 453 g/mol. The molecule has 26 heavy (non-hydrogen) atoms. The molecule has 7 nitrogen and oxygen atoms in total. The van der Waals surface area contributed by atoms with E-state index in [1.165, 1.54) is 12.8 Å². The van der Waals surface area contributed by atoms with Gasteiger partial charge in [0.1, 0.15) is 6.61 Å². The van der Waals surface area contributed by atoms with Crippen molar-refractivity contribution in [1.82, 2.24) is 5.32 Å². The van der Waals surface area contributed by atoms with E-state index in [1.54, 1.807) is 0 Å². The Morgan fingerprint density at radius 2 is 1.81 bits per heavy atom. The highest BCUT2D eigenvalue weighted by Gasteiger charge is 2.07. The second-order valence-electron chi connectivity index (χ2n) is 5.23. The minimum absolute atomic E-state index is 0.496. The van der Waals surface area contributed by atoms with Gasteiger partial charge in [0, 0.05) is 6.54 Å². The molecule has 0 heterocycles. The Kier molecular flexibility index (Phi) is 14.0. The zero-order valence-corrected chi connectivity index (χ0v) is 17.2. The third-order valence-corrected chi connectivity index (χ3v) is 3.80. The van der Waals surface area contributed by atoms with Gasteiger partial charge in [0.2, 0.25) is 0 Å². The predicted octanol–water partition coefficient (Wildman–Crippen LogP) is 3.35. The van der Waals surface area contributed by atoms with Crippen LogP contribution in [0.1, 0.15) is 25.3 Å². The van der Waals surface area contributed by atoms with E-state index in [0.29, 0.717) is 30.6 Å². The van der Waals surface area contributed by atoms with E-state index in [1.807, 2.05) is 19.1 Å². The van der Waals surface area contributed by atoms with Gasteiger partial charge in [0.15, 0.2) is 5.75 Å². The highest BCUT2D eigenvalue weighted by Crippen LogP contribution is 2.34. The summed E-state index contributed by atoms with van der Waals surface area (Å²) in [7, 11) is 0. The van der Waals surface area contributed by atoms with Crippen LogP contribution in [0.15, 0.2) is 16.6 Å². The van der Waals surface area contributed by atoms with Gasteiger partial charge in [-0.2, -0.15) is 0 Å². The summed E-state index contributed by atoms with van der Waals surface area (Å²) in [5, 5.41) is 18.7. The number of halogens is 2. The summed E-state index contributed by atoms with van der Waals surface area (Å²) in [5.41, 5.74) is 1.10. The zero-order chi connectivity index (χ0) is 19.9. The second kappa shape index (κ2) is 14.8. The molecule has 3 N–H and O–H groups in total. The first-order chi connectivity index (χ1) is 12.3. The van der Waals surface area contributed by atoms with Crippen molar-refractivity contribution in [1.29, 1.82) is 0 Å². The Labute approximate surface area is 166 Å². The van der Waals surface area contributed by atoms with Crippen LogP contribution in [0.2, 0.25) is 5.02 Å². The average molecular weight is 455 g/mol. The molecule has 0 saturated heterocycles. The van der Waals surface area contributed by atoms with Crippen LogP contribution in [0.3, 0.4) is 0 Å². The van der Waals surface area contributed by atoms with Crippen LogP contribution in [0, 0.1) is 6.92 Å². The highest BCUT2D eigenvalue weighted by atomic mass is 79.9. The van der Waals surface area contributed by atoms with Crippen molar-refractivity contribution >= 4 is 39.5 Å². The maximum absolute atomic E-state index is 9.10. The number of carboxylic acids is 2. The molecule has 0 unspecified atom stereocenters. The van der Waals surface area contributed by atoms with E-state index in [0.717, 1.165) is 23.1 Å². The third kappa shape index (κ3) is 12.1. The van der Waals surface area contributed by atoms with Gasteiger partial charge >= 0.3 is 11.9 Å². The molecular weight excluding hydrogens is 430 g/mol. The van der Waals surface area contributed by atoms with Crippen molar-refractivity contribution in [3.8, 4) is 5.75 Å². The molecular formula is C17H25BrClNO6. The van der Waals surface area contributed by atoms with Gasteiger partial charge in [-0.25, -0.2) is 9.59 Å². The Hall–Kier alpha value is -1.35. The van der Waals surface area contributed by atoms with Crippen LogP contribution < -0.4 is 10.1 Å². The lowest BCUT2D eigenvalue weighted by molar-refractivity contribution is -0.159. The summed E-state index contributed by atoms with van der Waals surface area (Å²) in [6, 6.07) is 3.87. The molecule has 0 aromatic heterocycles. The van der Waals surface area contributed by atoms with Crippen LogP contribution in [0.5, 0.6) is 5.75 Å². The van der Waals surface area contributed by atoms with Crippen molar-refractivity contribution in [2.45, 2.75) is 26.7 Å². The highest BCUT2D eigenvalue weighted by molar-refractivity contribution is 9.10. The summed E-state index contributed by atoms with van der Waals surface area (Å²) < 4.78 is 12.0. The van der Waals surface area contributed by atoms with Crippen molar-refractivity contribution in [3.05, 3.63) is 27.2 Å². The van der Waals surface area contributed by atoms with E-state index in [4.69, 9.17) is 40.9 Å². The molecule has 0 fully saturated rings. The molecule has 0 aliphatic rings. The summed E-state index contributed by atoms with van der Waals surface area (Å²) in [4.78, 5) is 18.2. The van der Waals surface area contributed by atoms with Crippen LogP contribution in [-0.2, 0) is 14.3 Å². The second-order valence-corrected chi connectivity index (χ2v) is 6.49. The van der Waals surface area contributed by atoms with E-state index in [9.17, 15) is 0 Å². The number of aryl methyl sites for hydroxylation is 1. The minimum atomic E-state index is -1.82. The van der Waals surface area contributed by atoms with E-state index >= 15 is 0 Å². The van der Waals surface area contributed by atoms with Crippen molar-refractivity contribution in [2.75, 3.05) is 32.9 Å². The molecule has 9 heteroatoms. The summed E-state index contributed by atoms with van der Waals surface area (Å²) in [6.45, 7) is 7.88. The lowest BCUT2D eigenvalue weighted by Gasteiger charge is -2.11. The predicted molar refractivity (Wildman–Crippen MR) is 103 cm³/mol. The Morgan fingerprint density at radius 3 is 2.35 bits per heavy atom. The molecule has 0 radical (unpaired) electrons. The van der Waals surface area contributed by atoms with Crippen molar-refractivity contribution in [2.24, 2.45) is 0 Å². The van der Waals surface area contributed by atoms with Gasteiger partial charge in [0.25, 0.3) is 0 Å². The SMILES string of the molecule is CCCCNCCOCCOc1c(Cl)cc(C)cc1Br.O=C(O)C(=O)O. The van der Waals surface area contributed by atoms with Gasteiger partial charge in [-0.05, 0) is 53.5 Å². The lowest BCUT2D eigenvalue weighted by Crippen LogP contribution is -2.21. The standard InChI is InChI=1S/C15H23BrClNO2.C2H2O4/c1-3-4-5-18-6-7-19-8-9-20-15-13(16)10-12(2)11-14(15)17;3-1(4)2(5)6/h10-11,18H,3-9H2,1-2H3;(H,3,4)(H,5,6). The molecule has 1 rings (SSSR count). The molecule has 0 aliphatic heterocycles. The fourth-order valence-corrected chi connectivity index (χ4v) is 2.83.